The molecule has 1 atom stereocenters. The molecule has 5 nitrogen and oxygen atoms in total. The molecule has 1 unspecified atom stereocenters. The van der Waals surface area contributed by atoms with Crippen molar-refractivity contribution in [3.63, 3.8) is 0 Å². The number of nitrogens with one attached hydrogen (secondary N) is 1. The van der Waals surface area contributed by atoms with Gasteiger partial charge >= 0.3 is 5.97 Å². The van der Waals surface area contributed by atoms with E-state index >= 15 is 0 Å². The lowest BCUT2D eigenvalue weighted by Gasteiger charge is -2.16. The molecular weight excluding hydrogens is 174 g/mol. The highest BCUT2D eigenvalue weighted by atomic mass is 16.5. The average Bonchev–Trinajstić information content (AvgIpc) is 2.10. The summed E-state index contributed by atoms with van der Waals surface area (Å²) in [6, 6.07) is -0.634. The molecule has 0 rings (SSSR count). The Morgan fingerprint density at radius 3 is 2.54 bits per heavy atom. The van der Waals surface area contributed by atoms with Crippen molar-refractivity contribution in [2.75, 3.05) is 13.7 Å². The van der Waals surface area contributed by atoms with Gasteiger partial charge < -0.3 is 20.3 Å². The summed E-state index contributed by atoms with van der Waals surface area (Å²) < 4.78 is 4.49. The smallest absolute Gasteiger partial charge is 0.323 e. The molecule has 0 bridgehead atoms. The van der Waals surface area contributed by atoms with E-state index in [1.165, 1.54) is 7.11 Å². The lowest BCUT2D eigenvalue weighted by Crippen LogP contribution is -2.40. The van der Waals surface area contributed by atoms with Gasteiger partial charge in [-0.1, -0.05) is 6.92 Å². The van der Waals surface area contributed by atoms with Crippen molar-refractivity contribution in [1.82, 2.24) is 5.32 Å². The van der Waals surface area contributed by atoms with Crippen LogP contribution < -0.4 is 5.32 Å². The summed E-state index contributed by atoms with van der Waals surface area (Å²) in [5.41, 5.74) is 0. The Morgan fingerprint density at radius 1 is 1.54 bits per heavy atom. The fraction of sp³-hybridized carbons (Fsp3) is 0.875. The molecule has 0 amide bonds. The van der Waals surface area contributed by atoms with Crippen molar-refractivity contribution in [3.05, 3.63) is 0 Å². The van der Waals surface area contributed by atoms with Crippen LogP contribution in [0.5, 0.6) is 0 Å². The molecule has 0 aliphatic heterocycles. The molecule has 0 aliphatic rings. The van der Waals surface area contributed by atoms with E-state index < -0.39 is 18.3 Å². The summed E-state index contributed by atoms with van der Waals surface area (Å²) in [7, 11) is 1.27. The topological polar surface area (TPSA) is 78.8 Å². The number of aliphatic hydroxyl groups excluding tert-OH is 1. The molecule has 0 aliphatic carbocycles. The van der Waals surface area contributed by atoms with E-state index in [4.69, 9.17) is 10.2 Å². The molecule has 3 N–H and O–H groups in total. The number of carbonyl (C=O) groups is 1. The first-order valence-corrected chi connectivity index (χ1v) is 4.29. The van der Waals surface area contributed by atoms with Gasteiger partial charge in [-0.3, -0.25) is 4.79 Å². The standard InChI is InChI=1S/C8H17NO4/c1-3-4-9-6(5-7(10)11)8(12)13-2/h6-7,9-11H,3-5H2,1-2H3. The molecule has 5 heteroatoms. The van der Waals surface area contributed by atoms with Crippen molar-refractivity contribution in [1.29, 1.82) is 0 Å². The second-order valence-electron chi connectivity index (χ2n) is 2.75. The summed E-state index contributed by atoms with van der Waals surface area (Å²) >= 11 is 0. The zero-order chi connectivity index (χ0) is 10.3. The first kappa shape index (κ1) is 12.3. The van der Waals surface area contributed by atoms with Gasteiger partial charge in [0.15, 0.2) is 6.29 Å². The van der Waals surface area contributed by atoms with Gasteiger partial charge in [0.1, 0.15) is 6.04 Å². The molecule has 13 heavy (non-hydrogen) atoms. The second-order valence-corrected chi connectivity index (χ2v) is 2.75. The van der Waals surface area contributed by atoms with E-state index in [0.717, 1.165) is 6.42 Å². The summed E-state index contributed by atoms with van der Waals surface area (Å²) in [6.07, 6.45) is -0.671. The molecule has 0 saturated carbocycles. The molecule has 0 aromatic heterocycles. The number of carbonyl (C=O) groups excluding carboxylic acids is 1. The third-order valence-corrected chi connectivity index (χ3v) is 1.57. The monoisotopic (exact) mass is 191 g/mol. The van der Waals surface area contributed by atoms with Crippen LogP contribution >= 0.6 is 0 Å². The SMILES string of the molecule is CCCNC(CC(O)O)C(=O)OC. The zero-order valence-corrected chi connectivity index (χ0v) is 7.99. The third-order valence-electron chi connectivity index (χ3n) is 1.57. The van der Waals surface area contributed by atoms with E-state index in [9.17, 15) is 4.79 Å². The Hall–Kier alpha value is -0.650. The number of esters is 1. The Balaban J connectivity index is 3.94. The third kappa shape index (κ3) is 5.57. The molecule has 0 aromatic rings. The Kier molecular flexibility index (Phi) is 6.48. The van der Waals surface area contributed by atoms with E-state index in [1.807, 2.05) is 6.92 Å². The molecule has 0 heterocycles. The van der Waals surface area contributed by atoms with Crippen LogP contribution in [0.1, 0.15) is 19.8 Å². The number of hydrogen-bond acceptors (Lipinski definition) is 5. The summed E-state index contributed by atoms with van der Waals surface area (Å²) in [4.78, 5) is 11.0. The number of aliphatic hydroxyl groups is 2. The van der Waals surface area contributed by atoms with Gasteiger partial charge in [0.2, 0.25) is 0 Å². The highest BCUT2D eigenvalue weighted by molar-refractivity contribution is 5.75. The van der Waals surface area contributed by atoms with Gasteiger partial charge in [0, 0.05) is 6.42 Å². The van der Waals surface area contributed by atoms with Crippen LogP contribution in [0, 0.1) is 0 Å². The van der Waals surface area contributed by atoms with Crippen molar-refractivity contribution < 1.29 is 19.7 Å². The van der Waals surface area contributed by atoms with Crippen LogP contribution in [0.15, 0.2) is 0 Å². The van der Waals surface area contributed by atoms with E-state index in [1.54, 1.807) is 0 Å². The van der Waals surface area contributed by atoms with Gasteiger partial charge in [-0.05, 0) is 13.0 Å². The summed E-state index contributed by atoms with van der Waals surface area (Å²) in [5.74, 6) is -0.471. The molecule has 0 fully saturated rings. The van der Waals surface area contributed by atoms with Crippen LogP contribution in [0.4, 0.5) is 0 Å². The molecule has 0 saturated heterocycles. The Labute approximate surface area is 77.7 Å². The maximum atomic E-state index is 11.0. The fourth-order valence-corrected chi connectivity index (χ4v) is 0.935. The number of methoxy groups -OCH3 is 1. The number of rotatable bonds is 6. The lowest BCUT2D eigenvalue weighted by atomic mass is 10.2. The molecule has 0 aromatic carbocycles. The predicted molar refractivity (Wildman–Crippen MR) is 46.9 cm³/mol. The van der Waals surface area contributed by atoms with Gasteiger partial charge in [0.05, 0.1) is 7.11 Å². The number of ether oxygens (including phenoxy) is 1. The normalized spacial score (nSPS) is 13.0. The quantitative estimate of drug-likeness (QED) is 0.379. The zero-order valence-electron chi connectivity index (χ0n) is 7.99. The van der Waals surface area contributed by atoms with Crippen LogP contribution in [0.2, 0.25) is 0 Å². The highest BCUT2D eigenvalue weighted by Crippen LogP contribution is 1.98. The van der Waals surface area contributed by atoms with Crippen molar-refractivity contribution in [2.45, 2.75) is 32.1 Å². The van der Waals surface area contributed by atoms with Gasteiger partial charge in [-0.25, -0.2) is 0 Å². The minimum Gasteiger partial charge on any atom is -0.468 e. The summed E-state index contributed by atoms with van der Waals surface area (Å²) in [6.45, 7) is 2.60. The van der Waals surface area contributed by atoms with Crippen molar-refractivity contribution in [2.24, 2.45) is 0 Å². The van der Waals surface area contributed by atoms with E-state index in [0.29, 0.717) is 6.54 Å². The van der Waals surface area contributed by atoms with Gasteiger partial charge in [0.25, 0.3) is 0 Å². The highest BCUT2D eigenvalue weighted by Gasteiger charge is 2.20. The second kappa shape index (κ2) is 6.82. The van der Waals surface area contributed by atoms with Crippen molar-refractivity contribution in [3.8, 4) is 0 Å². The molecular formula is C8H17NO4. The van der Waals surface area contributed by atoms with Gasteiger partial charge in [-0.15, -0.1) is 0 Å². The minimum atomic E-state index is -1.49. The summed E-state index contributed by atoms with van der Waals surface area (Å²) in [5, 5.41) is 20.2. The molecule has 0 radical (unpaired) electrons. The van der Waals surface area contributed by atoms with E-state index in [2.05, 4.69) is 10.1 Å². The van der Waals surface area contributed by atoms with Crippen LogP contribution in [-0.4, -0.2) is 42.2 Å². The van der Waals surface area contributed by atoms with E-state index in [-0.39, 0.29) is 6.42 Å². The van der Waals surface area contributed by atoms with Crippen LogP contribution in [-0.2, 0) is 9.53 Å². The minimum absolute atomic E-state index is 0.0489. The first-order valence-electron chi connectivity index (χ1n) is 4.29. The maximum absolute atomic E-state index is 11.0. The number of hydrogen-bond donors (Lipinski definition) is 3. The van der Waals surface area contributed by atoms with Gasteiger partial charge in [-0.2, -0.15) is 0 Å². The largest absolute Gasteiger partial charge is 0.468 e. The Morgan fingerprint density at radius 2 is 2.15 bits per heavy atom. The first-order chi connectivity index (χ1) is 6.11. The maximum Gasteiger partial charge on any atom is 0.323 e. The van der Waals surface area contributed by atoms with Crippen molar-refractivity contribution >= 4 is 5.97 Å². The fourth-order valence-electron chi connectivity index (χ4n) is 0.935. The Bertz CT molecular complexity index is 149. The average molecular weight is 191 g/mol. The van der Waals surface area contributed by atoms with Crippen LogP contribution in [0.25, 0.3) is 0 Å². The predicted octanol–water partition coefficient (Wildman–Crippen LogP) is -0.772. The molecule has 0 spiro atoms. The lowest BCUT2D eigenvalue weighted by molar-refractivity contribution is -0.146. The van der Waals surface area contributed by atoms with Crippen LogP contribution in [0.3, 0.4) is 0 Å². The molecule has 78 valence electrons.